The molecule has 1 aromatic rings. The summed E-state index contributed by atoms with van der Waals surface area (Å²) in [7, 11) is 0. The molecule has 2 atom stereocenters. The first-order valence-electron chi connectivity index (χ1n) is 9.61. The fourth-order valence-corrected chi connectivity index (χ4v) is 5.28. The molecule has 0 aliphatic carbocycles. The molecule has 0 bridgehead atoms. The topological polar surface area (TPSA) is 99.1 Å². The lowest BCUT2D eigenvalue weighted by Gasteiger charge is -2.47. The summed E-state index contributed by atoms with van der Waals surface area (Å²) >= 11 is -2.65. The second kappa shape index (κ2) is 9.21. The predicted octanol–water partition coefficient (Wildman–Crippen LogP) is 2.64. The van der Waals surface area contributed by atoms with E-state index in [1.54, 1.807) is 4.90 Å². The van der Waals surface area contributed by atoms with E-state index in [4.69, 9.17) is 9.47 Å². The molecular formula is C19H23F3NO6S-. The highest BCUT2D eigenvalue weighted by molar-refractivity contribution is 7.79. The Morgan fingerprint density at radius 1 is 1.30 bits per heavy atom. The third kappa shape index (κ3) is 4.96. The van der Waals surface area contributed by atoms with E-state index < -0.39 is 39.6 Å². The molecule has 7 nitrogen and oxygen atoms in total. The number of ether oxygens (including phenoxy) is 2. The maximum atomic E-state index is 12.9. The van der Waals surface area contributed by atoms with E-state index in [1.807, 2.05) is 0 Å². The number of rotatable bonds is 6. The molecule has 1 aromatic carbocycles. The van der Waals surface area contributed by atoms with E-state index in [9.17, 15) is 31.8 Å². The molecule has 168 valence electrons. The van der Waals surface area contributed by atoms with Crippen LogP contribution in [0.3, 0.4) is 0 Å². The SMILES string of the molecule is O=C(O)C1(C(N2CCC(Oc3cccc(C(F)(F)F)c3)CC2)S(=O)[O-])CCOCC1. The average Bonchev–Trinajstić information content (AvgIpc) is 2.69. The molecule has 2 aliphatic rings. The lowest BCUT2D eigenvalue weighted by atomic mass is 9.79. The number of nitrogens with zero attached hydrogens (tertiary/aromatic N) is 1. The van der Waals surface area contributed by atoms with Crippen molar-refractivity contribution in [3.8, 4) is 5.75 Å². The van der Waals surface area contributed by atoms with Crippen molar-refractivity contribution < 1.29 is 41.3 Å². The molecule has 2 unspecified atom stereocenters. The molecule has 2 fully saturated rings. The number of likely N-dealkylation sites (tertiary alicyclic amines) is 1. The first-order valence-corrected chi connectivity index (χ1v) is 10.7. The molecule has 0 aromatic heterocycles. The number of benzene rings is 1. The Morgan fingerprint density at radius 2 is 1.93 bits per heavy atom. The summed E-state index contributed by atoms with van der Waals surface area (Å²) in [5.74, 6) is -1.07. The van der Waals surface area contributed by atoms with Crippen molar-refractivity contribution in [1.29, 1.82) is 0 Å². The molecule has 3 rings (SSSR count). The first-order chi connectivity index (χ1) is 14.1. The zero-order chi connectivity index (χ0) is 21.9. The molecule has 2 heterocycles. The number of aliphatic carboxylic acids is 1. The fraction of sp³-hybridized carbons (Fsp3) is 0.632. The van der Waals surface area contributed by atoms with Crippen LogP contribution in [0.1, 0.15) is 31.2 Å². The van der Waals surface area contributed by atoms with Gasteiger partial charge in [-0.15, -0.1) is 0 Å². The van der Waals surface area contributed by atoms with Crippen molar-refractivity contribution in [2.24, 2.45) is 5.41 Å². The number of halogens is 3. The Bertz CT molecular complexity index is 776. The number of hydrogen-bond donors (Lipinski definition) is 1. The molecule has 2 aliphatic heterocycles. The van der Waals surface area contributed by atoms with Crippen LogP contribution in [0.15, 0.2) is 24.3 Å². The normalized spacial score (nSPS) is 22.9. The van der Waals surface area contributed by atoms with Gasteiger partial charge in [0.25, 0.3) is 0 Å². The number of carboxylic acids is 1. The third-order valence-corrected chi connectivity index (χ3v) is 6.85. The predicted molar refractivity (Wildman–Crippen MR) is 99.5 cm³/mol. The Morgan fingerprint density at radius 3 is 2.47 bits per heavy atom. The van der Waals surface area contributed by atoms with Gasteiger partial charge in [0, 0.05) is 26.3 Å². The fourth-order valence-electron chi connectivity index (χ4n) is 4.12. The molecule has 11 heteroatoms. The van der Waals surface area contributed by atoms with Crippen LogP contribution in [0.25, 0.3) is 0 Å². The summed E-state index contributed by atoms with van der Waals surface area (Å²) in [6, 6.07) is 4.61. The van der Waals surface area contributed by atoms with Crippen molar-refractivity contribution in [3.63, 3.8) is 0 Å². The maximum absolute atomic E-state index is 12.9. The molecule has 0 saturated carbocycles. The van der Waals surface area contributed by atoms with Gasteiger partial charge in [-0.05, 0) is 55.0 Å². The standard InChI is InChI=1S/C19H24F3NO6S/c20-19(21,22)13-2-1-3-15(12-13)29-14-4-8-23(9-5-14)16(30(26)27)18(17(24)25)6-10-28-11-7-18/h1-3,12,14,16H,4-11H2,(H,24,25)(H,26,27)/p-1. The van der Waals surface area contributed by atoms with Crippen molar-refractivity contribution in [1.82, 2.24) is 4.90 Å². The Kier molecular flexibility index (Phi) is 7.05. The van der Waals surface area contributed by atoms with E-state index in [0.29, 0.717) is 12.8 Å². The van der Waals surface area contributed by atoms with Gasteiger partial charge in [-0.25, -0.2) is 0 Å². The highest BCUT2D eigenvalue weighted by Crippen LogP contribution is 2.40. The van der Waals surface area contributed by atoms with Gasteiger partial charge >= 0.3 is 12.1 Å². The van der Waals surface area contributed by atoms with Gasteiger partial charge in [0.15, 0.2) is 0 Å². The lowest BCUT2D eigenvalue weighted by Crippen LogP contribution is -2.58. The minimum atomic E-state index is -4.47. The lowest BCUT2D eigenvalue weighted by molar-refractivity contribution is -0.159. The second-order valence-corrected chi connectivity index (χ2v) is 8.53. The molecule has 30 heavy (non-hydrogen) atoms. The zero-order valence-electron chi connectivity index (χ0n) is 16.1. The molecular weight excluding hydrogens is 427 g/mol. The highest BCUT2D eigenvalue weighted by atomic mass is 32.2. The van der Waals surface area contributed by atoms with Crippen LogP contribution in [0.4, 0.5) is 13.2 Å². The largest absolute Gasteiger partial charge is 0.771 e. The second-order valence-electron chi connectivity index (χ2n) is 7.57. The first kappa shape index (κ1) is 23.0. The van der Waals surface area contributed by atoms with Crippen LogP contribution < -0.4 is 4.74 Å². The summed E-state index contributed by atoms with van der Waals surface area (Å²) in [5.41, 5.74) is -2.25. The summed E-state index contributed by atoms with van der Waals surface area (Å²) in [6.45, 7) is 0.876. The summed E-state index contributed by atoms with van der Waals surface area (Å²) in [4.78, 5) is 13.6. The average molecular weight is 450 g/mol. The van der Waals surface area contributed by atoms with Crippen LogP contribution in [0, 0.1) is 5.41 Å². The minimum absolute atomic E-state index is 0.0960. The number of carboxylic acid groups (broad SMARTS) is 1. The minimum Gasteiger partial charge on any atom is -0.771 e. The Labute approximate surface area is 174 Å². The van der Waals surface area contributed by atoms with Gasteiger partial charge in [0.2, 0.25) is 0 Å². The maximum Gasteiger partial charge on any atom is 0.416 e. The summed E-state index contributed by atoms with van der Waals surface area (Å²) < 4.78 is 73.6. The Balaban J connectivity index is 1.67. The van der Waals surface area contributed by atoms with E-state index in [2.05, 4.69) is 0 Å². The van der Waals surface area contributed by atoms with Crippen LogP contribution >= 0.6 is 0 Å². The molecule has 2 saturated heterocycles. The van der Waals surface area contributed by atoms with Crippen LogP contribution in [0.2, 0.25) is 0 Å². The van der Waals surface area contributed by atoms with Gasteiger partial charge in [-0.3, -0.25) is 13.9 Å². The van der Waals surface area contributed by atoms with E-state index >= 15 is 0 Å². The van der Waals surface area contributed by atoms with Crippen molar-refractivity contribution in [2.45, 2.75) is 43.3 Å². The molecule has 0 spiro atoms. The number of piperidine rings is 1. The van der Waals surface area contributed by atoms with E-state index in [-0.39, 0.29) is 51.0 Å². The van der Waals surface area contributed by atoms with Crippen LogP contribution in [-0.2, 0) is 26.8 Å². The van der Waals surface area contributed by atoms with Crippen LogP contribution in [0.5, 0.6) is 5.75 Å². The van der Waals surface area contributed by atoms with Crippen molar-refractivity contribution in [3.05, 3.63) is 29.8 Å². The van der Waals surface area contributed by atoms with E-state index in [1.165, 1.54) is 12.1 Å². The molecule has 1 N–H and O–H groups in total. The zero-order valence-corrected chi connectivity index (χ0v) is 16.9. The van der Waals surface area contributed by atoms with Crippen molar-refractivity contribution >= 4 is 17.0 Å². The van der Waals surface area contributed by atoms with E-state index in [0.717, 1.165) is 12.1 Å². The summed E-state index contributed by atoms with van der Waals surface area (Å²) in [5, 5.41) is 8.60. The quantitative estimate of drug-likeness (QED) is 0.665. The van der Waals surface area contributed by atoms with Crippen molar-refractivity contribution in [2.75, 3.05) is 26.3 Å². The van der Waals surface area contributed by atoms with Gasteiger partial charge in [0.05, 0.1) is 16.4 Å². The highest BCUT2D eigenvalue weighted by Gasteiger charge is 2.50. The monoisotopic (exact) mass is 450 g/mol. The van der Waals surface area contributed by atoms with Gasteiger partial charge in [-0.2, -0.15) is 13.2 Å². The number of alkyl halides is 3. The third-order valence-electron chi connectivity index (χ3n) is 5.74. The van der Waals surface area contributed by atoms with Gasteiger partial charge in [-0.1, -0.05) is 6.07 Å². The Hall–Kier alpha value is -1.69. The number of hydrogen-bond acceptors (Lipinski definition) is 6. The number of carbonyl (C=O) groups is 1. The molecule has 0 amide bonds. The van der Waals surface area contributed by atoms with Crippen LogP contribution in [-0.4, -0.2) is 62.5 Å². The van der Waals surface area contributed by atoms with Gasteiger partial charge in [0.1, 0.15) is 11.9 Å². The smallest absolute Gasteiger partial charge is 0.416 e. The summed E-state index contributed by atoms with van der Waals surface area (Å²) in [6.07, 6.45) is -3.92. The van der Waals surface area contributed by atoms with Gasteiger partial charge < -0.3 is 19.1 Å². The molecule has 0 radical (unpaired) electrons.